The van der Waals surface area contributed by atoms with Crippen molar-refractivity contribution in [3.05, 3.63) is 16.6 Å². The van der Waals surface area contributed by atoms with Gasteiger partial charge in [0.2, 0.25) is 0 Å². The van der Waals surface area contributed by atoms with Crippen LogP contribution in [0.15, 0.2) is 10.8 Å². The molecule has 21 heavy (non-hydrogen) atoms. The number of thiophene rings is 1. The van der Waals surface area contributed by atoms with Crippen LogP contribution in [0.3, 0.4) is 0 Å². The van der Waals surface area contributed by atoms with E-state index in [1.54, 1.807) is 11.3 Å². The summed E-state index contributed by atoms with van der Waals surface area (Å²) in [5.41, 5.74) is 2.87. The Kier molecular flexibility index (Phi) is 2.61. The van der Waals surface area contributed by atoms with Crippen LogP contribution in [-0.4, -0.2) is 15.1 Å². The summed E-state index contributed by atoms with van der Waals surface area (Å²) < 4.78 is 2.26. The van der Waals surface area contributed by atoms with E-state index in [4.69, 9.17) is 4.98 Å². The molecule has 6 rings (SSSR count). The minimum Gasteiger partial charge on any atom is -0.329 e. The first-order valence-electron chi connectivity index (χ1n) is 8.33. The quantitative estimate of drug-likeness (QED) is 0.937. The Balaban J connectivity index is 1.38. The maximum Gasteiger partial charge on any atom is 0.123 e. The average Bonchev–Trinajstić information content (AvgIpc) is 2.99. The van der Waals surface area contributed by atoms with Crippen LogP contribution in [0.25, 0.3) is 11.0 Å². The molecule has 0 aliphatic heterocycles. The molecule has 3 nitrogen and oxygen atoms in total. The Bertz CT molecular complexity index is 648. The van der Waals surface area contributed by atoms with E-state index < -0.39 is 0 Å². The van der Waals surface area contributed by atoms with Crippen LogP contribution in [0.2, 0.25) is 0 Å². The van der Waals surface area contributed by atoms with E-state index in [1.807, 2.05) is 0 Å². The van der Waals surface area contributed by atoms with Gasteiger partial charge >= 0.3 is 0 Å². The molecule has 4 saturated carbocycles. The number of aryl methyl sites for hydroxylation is 1. The standard InChI is InChI=1S/C17H23N3S/c1-20-15-10-21-9-14(15)19-16(20)8-18-17-5-11-2-12(6-17)4-13(3-11)7-17/h9-13,18H,2-8H2,1H3. The van der Waals surface area contributed by atoms with Crippen LogP contribution in [0.1, 0.15) is 44.3 Å². The van der Waals surface area contributed by atoms with Gasteiger partial charge < -0.3 is 9.88 Å². The fraction of sp³-hybridized carbons (Fsp3) is 0.706. The first-order chi connectivity index (χ1) is 10.2. The summed E-state index contributed by atoms with van der Waals surface area (Å²) in [5.74, 6) is 4.22. The van der Waals surface area contributed by atoms with Gasteiger partial charge in [-0.2, -0.15) is 0 Å². The highest BCUT2D eigenvalue weighted by Crippen LogP contribution is 2.55. The van der Waals surface area contributed by atoms with Crippen molar-refractivity contribution in [3.63, 3.8) is 0 Å². The Labute approximate surface area is 129 Å². The molecule has 2 heterocycles. The molecule has 2 aromatic heterocycles. The summed E-state index contributed by atoms with van der Waals surface area (Å²) in [7, 11) is 2.15. The lowest BCUT2D eigenvalue weighted by Gasteiger charge is -2.57. The van der Waals surface area contributed by atoms with Gasteiger partial charge in [-0.1, -0.05) is 0 Å². The fourth-order valence-corrected chi connectivity index (χ4v) is 6.50. The molecule has 0 saturated heterocycles. The summed E-state index contributed by atoms with van der Waals surface area (Å²) in [4.78, 5) is 4.80. The molecule has 4 aliphatic rings. The van der Waals surface area contributed by atoms with Crippen LogP contribution in [0.5, 0.6) is 0 Å². The van der Waals surface area contributed by atoms with Gasteiger partial charge in [0.1, 0.15) is 5.82 Å². The van der Waals surface area contributed by atoms with E-state index in [0.717, 1.165) is 29.8 Å². The molecule has 0 unspecified atom stereocenters. The van der Waals surface area contributed by atoms with E-state index >= 15 is 0 Å². The predicted octanol–water partition coefficient (Wildman–Crippen LogP) is 3.69. The lowest BCUT2D eigenvalue weighted by Crippen LogP contribution is -2.58. The van der Waals surface area contributed by atoms with E-state index in [9.17, 15) is 0 Å². The van der Waals surface area contributed by atoms with Crippen LogP contribution in [-0.2, 0) is 13.6 Å². The molecular weight excluding hydrogens is 278 g/mol. The van der Waals surface area contributed by atoms with Gasteiger partial charge in [0.05, 0.1) is 17.6 Å². The minimum atomic E-state index is 0.438. The van der Waals surface area contributed by atoms with Gasteiger partial charge in [0, 0.05) is 23.3 Å². The molecule has 4 aliphatic carbocycles. The van der Waals surface area contributed by atoms with E-state index in [0.29, 0.717) is 5.54 Å². The molecule has 4 heteroatoms. The zero-order chi connectivity index (χ0) is 14.0. The summed E-state index contributed by atoms with van der Waals surface area (Å²) in [6, 6.07) is 0. The molecule has 0 spiro atoms. The number of imidazole rings is 1. The monoisotopic (exact) mass is 301 g/mol. The van der Waals surface area contributed by atoms with Crippen molar-refractivity contribution in [3.8, 4) is 0 Å². The van der Waals surface area contributed by atoms with Crippen molar-refractivity contribution >= 4 is 22.4 Å². The van der Waals surface area contributed by atoms with Gasteiger partial charge in [0.25, 0.3) is 0 Å². The second-order valence-corrected chi connectivity index (χ2v) is 8.52. The summed E-state index contributed by atoms with van der Waals surface area (Å²) >= 11 is 1.74. The van der Waals surface area contributed by atoms with Crippen LogP contribution in [0, 0.1) is 17.8 Å². The number of hydrogen-bond acceptors (Lipinski definition) is 3. The summed E-state index contributed by atoms with van der Waals surface area (Å²) in [6.07, 6.45) is 8.78. The Morgan fingerprint density at radius 1 is 1.19 bits per heavy atom. The molecule has 0 aromatic carbocycles. The maximum absolute atomic E-state index is 4.80. The van der Waals surface area contributed by atoms with Gasteiger partial charge in [-0.15, -0.1) is 11.3 Å². The highest BCUT2D eigenvalue weighted by atomic mass is 32.1. The number of hydrogen-bond donors (Lipinski definition) is 1. The number of rotatable bonds is 3. The second kappa shape index (κ2) is 4.32. The van der Waals surface area contributed by atoms with Crippen molar-refractivity contribution in [2.45, 2.75) is 50.6 Å². The Morgan fingerprint density at radius 2 is 1.86 bits per heavy atom. The van der Waals surface area contributed by atoms with E-state index in [1.165, 1.54) is 49.9 Å². The van der Waals surface area contributed by atoms with Gasteiger partial charge in [0.15, 0.2) is 0 Å². The molecule has 4 fully saturated rings. The van der Waals surface area contributed by atoms with Crippen molar-refractivity contribution in [1.29, 1.82) is 0 Å². The Morgan fingerprint density at radius 3 is 2.48 bits per heavy atom. The van der Waals surface area contributed by atoms with Crippen molar-refractivity contribution < 1.29 is 0 Å². The predicted molar refractivity (Wildman–Crippen MR) is 86.3 cm³/mol. The lowest BCUT2D eigenvalue weighted by molar-refractivity contribution is -0.0209. The number of fused-ring (bicyclic) bond motifs is 1. The molecule has 0 radical (unpaired) electrons. The maximum atomic E-state index is 4.80. The first-order valence-corrected chi connectivity index (χ1v) is 9.28. The normalized spacial score (nSPS) is 37.7. The van der Waals surface area contributed by atoms with Crippen LogP contribution >= 0.6 is 11.3 Å². The minimum absolute atomic E-state index is 0.438. The molecule has 0 atom stereocenters. The highest BCUT2D eigenvalue weighted by Gasteiger charge is 2.50. The average molecular weight is 301 g/mol. The molecule has 2 aromatic rings. The number of nitrogens with one attached hydrogen (secondary N) is 1. The first kappa shape index (κ1) is 12.7. The van der Waals surface area contributed by atoms with Crippen molar-refractivity contribution in [2.24, 2.45) is 24.8 Å². The molecule has 0 amide bonds. The van der Waals surface area contributed by atoms with Crippen molar-refractivity contribution in [2.75, 3.05) is 0 Å². The van der Waals surface area contributed by atoms with Gasteiger partial charge in [-0.25, -0.2) is 4.98 Å². The Hall–Kier alpha value is -0.870. The topological polar surface area (TPSA) is 29.9 Å². The molecule has 4 bridgehead atoms. The molecular formula is C17H23N3S. The third-order valence-corrected chi connectivity index (χ3v) is 7.00. The fourth-order valence-electron chi connectivity index (χ4n) is 5.72. The summed E-state index contributed by atoms with van der Waals surface area (Å²) in [6.45, 7) is 0.933. The van der Waals surface area contributed by atoms with Gasteiger partial charge in [-0.3, -0.25) is 0 Å². The number of nitrogens with zero attached hydrogens (tertiary/aromatic N) is 2. The van der Waals surface area contributed by atoms with Gasteiger partial charge in [-0.05, 0) is 56.3 Å². The van der Waals surface area contributed by atoms with Crippen LogP contribution < -0.4 is 5.32 Å². The van der Waals surface area contributed by atoms with E-state index in [2.05, 4.69) is 27.7 Å². The highest BCUT2D eigenvalue weighted by molar-refractivity contribution is 7.09. The SMILES string of the molecule is Cn1c(CNC23CC4CC(CC(C4)C2)C3)nc2cscc21. The van der Waals surface area contributed by atoms with E-state index in [-0.39, 0.29) is 0 Å². The third kappa shape index (κ3) is 1.92. The lowest BCUT2D eigenvalue weighted by atomic mass is 9.53. The zero-order valence-corrected chi connectivity index (χ0v) is 13.5. The second-order valence-electron chi connectivity index (χ2n) is 7.78. The smallest absolute Gasteiger partial charge is 0.123 e. The zero-order valence-electron chi connectivity index (χ0n) is 12.6. The third-order valence-electron chi connectivity index (χ3n) is 6.28. The van der Waals surface area contributed by atoms with Crippen LogP contribution in [0.4, 0.5) is 0 Å². The number of aromatic nitrogens is 2. The molecule has 112 valence electrons. The summed E-state index contributed by atoms with van der Waals surface area (Å²) in [5, 5.41) is 8.32. The molecule has 1 N–H and O–H groups in total. The largest absolute Gasteiger partial charge is 0.329 e. The van der Waals surface area contributed by atoms with Crippen molar-refractivity contribution in [1.82, 2.24) is 14.9 Å².